The number of benzene rings is 1. The second kappa shape index (κ2) is 4.18. The Hall–Kier alpha value is -2.44. The number of phenols is 1. The van der Waals surface area contributed by atoms with Crippen LogP contribution in [0.1, 0.15) is 5.56 Å². The van der Waals surface area contributed by atoms with Gasteiger partial charge in [-0.3, -0.25) is 0 Å². The Morgan fingerprint density at radius 2 is 2.40 bits per heavy atom. The number of hydrazone groups is 1. The van der Waals surface area contributed by atoms with Gasteiger partial charge < -0.3 is 5.11 Å². The van der Waals surface area contributed by atoms with Crippen LogP contribution < -0.4 is 5.43 Å². The summed E-state index contributed by atoms with van der Waals surface area (Å²) >= 11 is 0. The van der Waals surface area contributed by atoms with E-state index in [4.69, 9.17) is 0 Å². The zero-order valence-corrected chi connectivity index (χ0v) is 7.62. The van der Waals surface area contributed by atoms with Gasteiger partial charge >= 0.3 is 0 Å². The van der Waals surface area contributed by atoms with Gasteiger partial charge in [-0.05, 0) is 22.9 Å². The van der Waals surface area contributed by atoms with E-state index >= 15 is 0 Å². The van der Waals surface area contributed by atoms with Crippen molar-refractivity contribution in [3.63, 3.8) is 0 Å². The molecular weight excluding hydrogens is 196 g/mol. The maximum atomic E-state index is 9.17. The molecule has 0 spiro atoms. The molecule has 1 aromatic carbocycles. The van der Waals surface area contributed by atoms with E-state index in [1.54, 1.807) is 24.3 Å². The van der Waals surface area contributed by atoms with E-state index in [1.165, 1.54) is 6.21 Å². The van der Waals surface area contributed by atoms with Gasteiger partial charge in [0.15, 0.2) is 0 Å². The lowest BCUT2D eigenvalue weighted by Gasteiger charge is -1.94. The number of aromatic amines is 1. The molecule has 0 unspecified atom stereocenters. The number of hydrogen-bond acceptors (Lipinski definition) is 6. The van der Waals surface area contributed by atoms with Gasteiger partial charge in [0.2, 0.25) is 0 Å². The molecule has 0 amide bonds. The van der Waals surface area contributed by atoms with Crippen LogP contribution in [-0.2, 0) is 0 Å². The zero-order valence-electron chi connectivity index (χ0n) is 7.62. The number of H-pyrrole nitrogens is 1. The van der Waals surface area contributed by atoms with Gasteiger partial charge in [0.25, 0.3) is 5.95 Å². The quantitative estimate of drug-likeness (QED) is 0.495. The molecule has 0 aliphatic rings. The molecule has 15 heavy (non-hydrogen) atoms. The second-order valence-corrected chi connectivity index (χ2v) is 2.70. The number of anilines is 1. The monoisotopic (exact) mass is 204 g/mol. The number of rotatable bonds is 3. The van der Waals surface area contributed by atoms with E-state index in [2.05, 4.69) is 31.2 Å². The highest BCUT2D eigenvalue weighted by atomic mass is 16.3. The van der Waals surface area contributed by atoms with Crippen LogP contribution in [0.3, 0.4) is 0 Å². The highest BCUT2D eigenvalue weighted by Crippen LogP contribution is 2.08. The molecule has 0 radical (unpaired) electrons. The molecule has 0 atom stereocenters. The molecule has 1 aromatic heterocycles. The van der Waals surface area contributed by atoms with Crippen molar-refractivity contribution >= 4 is 12.2 Å². The Bertz CT molecular complexity index is 452. The molecular formula is C8H8N6O. The molecule has 0 fully saturated rings. The molecule has 1 heterocycles. The number of phenolic OH excluding ortho intramolecular Hbond substituents is 1. The Kier molecular flexibility index (Phi) is 2.54. The summed E-state index contributed by atoms with van der Waals surface area (Å²) in [4.78, 5) is 0. The fraction of sp³-hybridized carbons (Fsp3) is 0. The van der Waals surface area contributed by atoms with Crippen molar-refractivity contribution in [3.05, 3.63) is 29.8 Å². The third-order valence-corrected chi connectivity index (χ3v) is 1.59. The molecule has 7 nitrogen and oxygen atoms in total. The van der Waals surface area contributed by atoms with Crippen molar-refractivity contribution in [2.45, 2.75) is 0 Å². The number of tetrazole rings is 1. The maximum Gasteiger partial charge on any atom is 0.283 e. The zero-order chi connectivity index (χ0) is 10.5. The Morgan fingerprint density at radius 1 is 1.47 bits per heavy atom. The van der Waals surface area contributed by atoms with Crippen LogP contribution in [0.25, 0.3) is 0 Å². The molecule has 2 aromatic rings. The van der Waals surface area contributed by atoms with Crippen molar-refractivity contribution in [2.24, 2.45) is 5.10 Å². The number of nitrogens with zero attached hydrogens (tertiary/aromatic N) is 4. The van der Waals surface area contributed by atoms with Crippen LogP contribution in [0.15, 0.2) is 29.4 Å². The predicted octanol–water partition coefficient (Wildman–Crippen LogP) is 0.351. The summed E-state index contributed by atoms with van der Waals surface area (Å²) < 4.78 is 0. The summed E-state index contributed by atoms with van der Waals surface area (Å²) in [6, 6.07) is 6.71. The Balaban J connectivity index is 2.00. The number of aromatic nitrogens is 4. The summed E-state index contributed by atoms with van der Waals surface area (Å²) in [7, 11) is 0. The molecule has 0 aliphatic carbocycles. The minimum Gasteiger partial charge on any atom is -0.508 e. The highest BCUT2D eigenvalue weighted by molar-refractivity contribution is 5.80. The second-order valence-electron chi connectivity index (χ2n) is 2.70. The fourth-order valence-corrected chi connectivity index (χ4v) is 0.979. The molecule has 0 bridgehead atoms. The van der Waals surface area contributed by atoms with Crippen molar-refractivity contribution in [1.29, 1.82) is 0 Å². The Labute approximate surface area is 84.8 Å². The summed E-state index contributed by atoms with van der Waals surface area (Å²) in [5, 5.41) is 25.9. The fourth-order valence-electron chi connectivity index (χ4n) is 0.979. The van der Waals surface area contributed by atoms with Gasteiger partial charge in [-0.2, -0.15) is 10.3 Å². The topological polar surface area (TPSA) is 99.1 Å². The number of hydrogen-bond donors (Lipinski definition) is 3. The maximum absolute atomic E-state index is 9.17. The number of aromatic hydroxyl groups is 1. The van der Waals surface area contributed by atoms with Crippen LogP contribution >= 0.6 is 0 Å². The smallest absolute Gasteiger partial charge is 0.283 e. The van der Waals surface area contributed by atoms with Crippen LogP contribution in [0, 0.1) is 0 Å². The van der Waals surface area contributed by atoms with Gasteiger partial charge in [0.1, 0.15) is 5.75 Å². The lowest BCUT2D eigenvalue weighted by Crippen LogP contribution is -1.92. The molecule has 2 rings (SSSR count). The summed E-state index contributed by atoms with van der Waals surface area (Å²) in [6.07, 6.45) is 1.54. The van der Waals surface area contributed by atoms with E-state index in [-0.39, 0.29) is 11.7 Å². The minimum absolute atomic E-state index is 0.193. The normalized spacial score (nSPS) is 10.7. The van der Waals surface area contributed by atoms with Crippen molar-refractivity contribution in [2.75, 3.05) is 5.43 Å². The highest BCUT2D eigenvalue weighted by Gasteiger charge is 1.92. The summed E-state index contributed by atoms with van der Waals surface area (Å²) in [6.45, 7) is 0. The van der Waals surface area contributed by atoms with E-state index in [0.29, 0.717) is 0 Å². The summed E-state index contributed by atoms with van der Waals surface area (Å²) in [5.41, 5.74) is 3.33. The van der Waals surface area contributed by atoms with E-state index in [0.717, 1.165) is 5.56 Å². The predicted molar refractivity (Wildman–Crippen MR) is 53.5 cm³/mol. The van der Waals surface area contributed by atoms with Gasteiger partial charge in [0, 0.05) is 0 Å². The third kappa shape index (κ3) is 2.50. The largest absolute Gasteiger partial charge is 0.508 e. The third-order valence-electron chi connectivity index (χ3n) is 1.59. The van der Waals surface area contributed by atoms with Gasteiger partial charge in [-0.15, -0.1) is 5.10 Å². The van der Waals surface area contributed by atoms with Crippen molar-refractivity contribution in [3.8, 4) is 5.75 Å². The first-order chi connectivity index (χ1) is 7.34. The van der Waals surface area contributed by atoms with Gasteiger partial charge in [0.05, 0.1) is 6.21 Å². The first-order valence-corrected chi connectivity index (χ1v) is 4.16. The van der Waals surface area contributed by atoms with Gasteiger partial charge in [-0.25, -0.2) is 5.43 Å². The SMILES string of the molecule is Oc1cccc(C=NNc2nn[nH]n2)c1. The van der Waals surface area contributed by atoms with Crippen LogP contribution in [-0.4, -0.2) is 31.9 Å². The minimum atomic E-state index is 0.193. The van der Waals surface area contributed by atoms with E-state index < -0.39 is 0 Å². The average molecular weight is 204 g/mol. The van der Waals surface area contributed by atoms with Crippen LogP contribution in [0.5, 0.6) is 5.75 Å². The molecule has 0 saturated heterocycles. The molecule has 76 valence electrons. The van der Waals surface area contributed by atoms with E-state index in [9.17, 15) is 5.11 Å². The standard InChI is InChI=1S/C8H8N6O/c15-7-3-1-2-6(4-7)5-9-10-8-11-13-14-12-8/h1-5,15H,(H2,10,11,12,13,14). The molecule has 0 saturated carbocycles. The van der Waals surface area contributed by atoms with Crippen molar-refractivity contribution in [1.82, 2.24) is 20.6 Å². The average Bonchev–Trinajstić information content (AvgIpc) is 2.71. The first kappa shape index (κ1) is 9.13. The lowest BCUT2D eigenvalue weighted by molar-refractivity contribution is 0.475. The molecule has 0 aliphatic heterocycles. The van der Waals surface area contributed by atoms with Crippen molar-refractivity contribution < 1.29 is 5.11 Å². The van der Waals surface area contributed by atoms with Crippen LogP contribution in [0.4, 0.5) is 5.95 Å². The lowest BCUT2D eigenvalue weighted by atomic mass is 10.2. The molecule has 7 heteroatoms. The van der Waals surface area contributed by atoms with Crippen LogP contribution in [0.2, 0.25) is 0 Å². The number of nitrogens with one attached hydrogen (secondary N) is 2. The summed E-state index contributed by atoms with van der Waals surface area (Å²) in [5.74, 6) is 0.477. The first-order valence-electron chi connectivity index (χ1n) is 4.16. The Morgan fingerprint density at radius 3 is 3.13 bits per heavy atom. The van der Waals surface area contributed by atoms with E-state index in [1.807, 2.05) is 0 Å². The van der Waals surface area contributed by atoms with Gasteiger partial charge in [-0.1, -0.05) is 17.2 Å². The molecule has 3 N–H and O–H groups in total.